The van der Waals surface area contributed by atoms with Gasteiger partial charge in [-0.15, -0.1) is 0 Å². The normalized spacial score (nSPS) is 10.8. The number of hydrogen-bond donors (Lipinski definition) is 0. The summed E-state index contributed by atoms with van der Waals surface area (Å²) in [5.41, 5.74) is 0. The van der Waals surface area contributed by atoms with Gasteiger partial charge in [0.1, 0.15) is 0 Å². The third-order valence-electron chi connectivity index (χ3n) is 3.06. The second kappa shape index (κ2) is 5.70. The lowest BCUT2D eigenvalue weighted by atomic mass is 10.5. The summed E-state index contributed by atoms with van der Waals surface area (Å²) in [5, 5.41) is 8.35. The van der Waals surface area contributed by atoms with Crippen molar-refractivity contribution in [3.63, 3.8) is 0 Å². The fourth-order valence-electron chi connectivity index (χ4n) is 1.97. The second-order valence-electron chi connectivity index (χ2n) is 4.31. The van der Waals surface area contributed by atoms with Crippen LogP contribution in [0.15, 0.2) is 36.9 Å². The van der Waals surface area contributed by atoms with Gasteiger partial charge in [0.05, 0.1) is 0 Å². The van der Waals surface area contributed by atoms with Gasteiger partial charge in [-0.05, 0) is 26.0 Å². The van der Waals surface area contributed by atoms with E-state index in [1.165, 1.54) is 0 Å². The van der Waals surface area contributed by atoms with Crippen LogP contribution in [0.4, 0.5) is 5.95 Å². The third-order valence-corrected chi connectivity index (χ3v) is 3.06. The first-order valence-electron chi connectivity index (χ1n) is 6.83. The van der Waals surface area contributed by atoms with Gasteiger partial charge in [-0.3, -0.25) is 0 Å². The molecule has 21 heavy (non-hydrogen) atoms. The third kappa shape index (κ3) is 2.60. The Morgan fingerprint density at radius 2 is 1.38 bits per heavy atom. The van der Waals surface area contributed by atoms with Crippen molar-refractivity contribution >= 4 is 5.95 Å². The molecule has 0 aliphatic heterocycles. The number of nitrogens with zero attached hydrogens (tertiary/aromatic N) is 8. The van der Waals surface area contributed by atoms with Crippen molar-refractivity contribution in [1.29, 1.82) is 0 Å². The number of hydrogen-bond acceptors (Lipinski definition) is 6. The highest BCUT2D eigenvalue weighted by atomic mass is 15.4. The molecule has 0 saturated heterocycles. The van der Waals surface area contributed by atoms with Gasteiger partial charge in [0.2, 0.25) is 5.95 Å². The van der Waals surface area contributed by atoms with Crippen LogP contribution in [0.25, 0.3) is 11.9 Å². The molecule has 0 atom stereocenters. The minimum Gasteiger partial charge on any atom is -0.341 e. The van der Waals surface area contributed by atoms with Crippen LogP contribution in [0.1, 0.15) is 13.8 Å². The predicted octanol–water partition coefficient (Wildman–Crippen LogP) is 1.09. The van der Waals surface area contributed by atoms with Crippen LogP contribution in [-0.2, 0) is 0 Å². The van der Waals surface area contributed by atoms with Crippen molar-refractivity contribution in [1.82, 2.24) is 34.5 Å². The van der Waals surface area contributed by atoms with Crippen LogP contribution in [0.5, 0.6) is 0 Å². The Hall–Kier alpha value is -2.77. The second-order valence-corrected chi connectivity index (χ2v) is 4.31. The van der Waals surface area contributed by atoms with Crippen molar-refractivity contribution in [3.8, 4) is 11.9 Å². The fraction of sp³-hybridized carbons (Fsp3) is 0.308. The molecule has 108 valence electrons. The summed E-state index contributed by atoms with van der Waals surface area (Å²) in [7, 11) is 0. The Balaban J connectivity index is 2.12. The molecule has 0 aliphatic carbocycles. The Morgan fingerprint density at radius 3 is 1.76 bits per heavy atom. The van der Waals surface area contributed by atoms with Crippen molar-refractivity contribution in [2.45, 2.75) is 13.8 Å². The molecule has 0 amide bonds. The lowest BCUT2D eigenvalue weighted by Crippen LogP contribution is -2.26. The summed E-state index contributed by atoms with van der Waals surface area (Å²) < 4.78 is 3.23. The van der Waals surface area contributed by atoms with E-state index in [1.807, 2.05) is 12.1 Å². The van der Waals surface area contributed by atoms with Gasteiger partial charge in [-0.1, -0.05) is 0 Å². The van der Waals surface area contributed by atoms with Crippen molar-refractivity contribution in [3.05, 3.63) is 36.9 Å². The first kappa shape index (κ1) is 13.2. The average molecular weight is 284 g/mol. The largest absolute Gasteiger partial charge is 0.341 e. The van der Waals surface area contributed by atoms with Gasteiger partial charge in [-0.25, -0.2) is 9.36 Å². The van der Waals surface area contributed by atoms with E-state index in [4.69, 9.17) is 0 Å². The summed E-state index contributed by atoms with van der Waals surface area (Å²) in [6, 6.07) is 3.66. The van der Waals surface area contributed by atoms with Gasteiger partial charge < -0.3 is 4.90 Å². The maximum absolute atomic E-state index is 4.49. The molecule has 0 unspecified atom stereocenters. The van der Waals surface area contributed by atoms with Crippen LogP contribution >= 0.6 is 0 Å². The van der Waals surface area contributed by atoms with E-state index >= 15 is 0 Å². The molecule has 0 bridgehead atoms. The smallest absolute Gasteiger partial charge is 0.257 e. The average Bonchev–Trinajstić information content (AvgIpc) is 3.22. The van der Waals surface area contributed by atoms with Crippen LogP contribution < -0.4 is 4.90 Å². The molecule has 0 radical (unpaired) electrons. The van der Waals surface area contributed by atoms with E-state index in [0.717, 1.165) is 13.1 Å². The van der Waals surface area contributed by atoms with E-state index in [2.05, 4.69) is 43.9 Å². The van der Waals surface area contributed by atoms with Gasteiger partial charge in [-0.2, -0.15) is 25.1 Å². The van der Waals surface area contributed by atoms with Crippen molar-refractivity contribution < 1.29 is 0 Å². The van der Waals surface area contributed by atoms with E-state index in [-0.39, 0.29) is 0 Å². The minimum absolute atomic E-state index is 0.474. The lowest BCUT2D eigenvalue weighted by molar-refractivity contribution is 0.721. The summed E-state index contributed by atoms with van der Waals surface area (Å²) in [4.78, 5) is 15.5. The molecule has 0 saturated carbocycles. The highest BCUT2D eigenvalue weighted by molar-refractivity contribution is 5.35. The van der Waals surface area contributed by atoms with Crippen LogP contribution in [0, 0.1) is 0 Å². The molecule has 0 fully saturated rings. The Morgan fingerprint density at radius 1 is 0.857 bits per heavy atom. The molecule has 3 heterocycles. The van der Waals surface area contributed by atoms with Gasteiger partial charge in [0.15, 0.2) is 0 Å². The van der Waals surface area contributed by atoms with Gasteiger partial charge >= 0.3 is 0 Å². The zero-order chi connectivity index (χ0) is 14.7. The fourth-order valence-corrected chi connectivity index (χ4v) is 1.97. The Labute approximate surface area is 122 Å². The topological polar surface area (TPSA) is 77.5 Å². The van der Waals surface area contributed by atoms with E-state index in [9.17, 15) is 0 Å². The molecule has 8 nitrogen and oxygen atoms in total. The molecule has 0 N–H and O–H groups in total. The van der Waals surface area contributed by atoms with Crippen LogP contribution in [0.2, 0.25) is 0 Å². The molecular weight excluding hydrogens is 268 g/mol. The number of rotatable bonds is 5. The first-order valence-corrected chi connectivity index (χ1v) is 6.83. The highest BCUT2D eigenvalue weighted by Gasteiger charge is 2.13. The highest BCUT2D eigenvalue weighted by Crippen LogP contribution is 2.12. The number of aromatic nitrogens is 7. The zero-order valence-corrected chi connectivity index (χ0v) is 12.0. The standard InChI is InChI=1S/C13H16N8/c1-3-19(4-2)11-16-12(20-9-5-7-14-20)18-13(17-11)21-10-6-8-15-21/h5-10H,3-4H2,1-2H3. The summed E-state index contributed by atoms with van der Waals surface area (Å²) in [6.45, 7) is 5.76. The number of anilines is 1. The molecule has 0 aromatic carbocycles. The molecule has 3 aromatic heterocycles. The molecule has 3 rings (SSSR count). The van der Waals surface area contributed by atoms with Crippen LogP contribution in [-0.4, -0.2) is 47.6 Å². The van der Waals surface area contributed by atoms with E-state index < -0.39 is 0 Å². The SMILES string of the molecule is CCN(CC)c1nc(-n2cccn2)nc(-n2cccn2)n1. The van der Waals surface area contributed by atoms with Crippen LogP contribution in [0.3, 0.4) is 0 Å². The molecule has 0 spiro atoms. The van der Waals surface area contributed by atoms with Crippen molar-refractivity contribution in [2.24, 2.45) is 0 Å². The van der Waals surface area contributed by atoms with E-state index in [0.29, 0.717) is 17.8 Å². The zero-order valence-electron chi connectivity index (χ0n) is 12.0. The minimum atomic E-state index is 0.474. The monoisotopic (exact) mass is 284 g/mol. The molecule has 3 aromatic rings. The Bertz CT molecular complexity index is 633. The Kier molecular flexibility index (Phi) is 3.59. The molecular formula is C13H16N8. The maximum Gasteiger partial charge on any atom is 0.257 e. The first-order chi connectivity index (χ1) is 10.3. The molecule has 0 aliphatic rings. The predicted molar refractivity (Wildman–Crippen MR) is 77.6 cm³/mol. The van der Waals surface area contributed by atoms with E-state index in [1.54, 1.807) is 34.2 Å². The maximum atomic E-state index is 4.49. The quantitative estimate of drug-likeness (QED) is 0.698. The summed E-state index contributed by atoms with van der Waals surface area (Å²) in [5.74, 6) is 1.57. The lowest BCUT2D eigenvalue weighted by Gasteiger charge is -2.19. The van der Waals surface area contributed by atoms with Crippen molar-refractivity contribution in [2.75, 3.05) is 18.0 Å². The summed E-state index contributed by atoms with van der Waals surface area (Å²) >= 11 is 0. The van der Waals surface area contributed by atoms with Gasteiger partial charge in [0.25, 0.3) is 11.9 Å². The molecule has 8 heteroatoms. The summed E-state index contributed by atoms with van der Waals surface area (Å²) in [6.07, 6.45) is 6.98. The van der Waals surface area contributed by atoms with Gasteiger partial charge in [0, 0.05) is 37.9 Å².